The number of fused-ring (bicyclic) bond motifs is 3. The van der Waals surface area contributed by atoms with E-state index < -0.39 is 5.69 Å². The first-order valence-electron chi connectivity index (χ1n) is 10.4. The average Bonchev–Trinajstić information content (AvgIpc) is 3.13. The second-order valence-electron chi connectivity index (χ2n) is 7.89. The zero-order valence-electron chi connectivity index (χ0n) is 18.3. The van der Waals surface area contributed by atoms with Crippen molar-refractivity contribution in [2.75, 3.05) is 0 Å². The monoisotopic (exact) mass is 467 g/mol. The molecule has 1 amide bonds. The van der Waals surface area contributed by atoms with Crippen LogP contribution in [0.5, 0.6) is 0 Å². The van der Waals surface area contributed by atoms with E-state index in [-0.39, 0.29) is 46.5 Å². The number of Topliss-reactive ketones (excluding diaryl/α,β-unsaturated/α-hetero) is 1. The van der Waals surface area contributed by atoms with Crippen molar-refractivity contribution in [3.63, 3.8) is 0 Å². The molecule has 1 N–H and O–H groups in total. The van der Waals surface area contributed by atoms with Crippen LogP contribution in [-0.4, -0.2) is 36.5 Å². The van der Waals surface area contributed by atoms with Crippen molar-refractivity contribution in [3.8, 4) is 0 Å². The lowest BCUT2D eigenvalue weighted by atomic mass is 10.1. The maximum absolute atomic E-state index is 13.2. The van der Waals surface area contributed by atoms with Crippen molar-refractivity contribution in [2.45, 2.75) is 32.9 Å². The molecule has 1 unspecified atom stereocenters. The first kappa shape index (κ1) is 22.5. The number of ketones is 1. The SMILES string of the molecule is CCC(C)NC(=O)c1ccc2c(=O)n(C)c3nn(CC(=O)c4cccc(Cl)c4)c(=O)n3c2c1. The number of carbonyl (C=O) groups excluding carboxylic acids is 2. The summed E-state index contributed by atoms with van der Waals surface area (Å²) in [5.74, 6) is -0.599. The highest BCUT2D eigenvalue weighted by Crippen LogP contribution is 2.15. The van der Waals surface area contributed by atoms with Gasteiger partial charge in [-0.3, -0.25) is 19.0 Å². The number of hydrogen-bond donors (Lipinski definition) is 1. The second kappa shape index (κ2) is 8.67. The third-order valence-corrected chi connectivity index (χ3v) is 5.82. The number of benzene rings is 2. The first-order valence-corrected chi connectivity index (χ1v) is 10.8. The molecule has 4 rings (SSSR count). The standard InChI is InChI=1S/C23H22ClN5O4/c1-4-13(2)25-20(31)15-8-9-17-18(11-15)29-22(27(3)21(17)32)26-28(23(29)33)12-19(30)14-6-5-7-16(24)10-14/h5-11,13H,4,12H2,1-3H3,(H,25,31). The molecule has 0 aliphatic rings. The number of carbonyl (C=O) groups is 2. The molecule has 0 aliphatic carbocycles. The van der Waals surface area contributed by atoms with Crippen LogP contribution >= 0.6 is 11.6 Å². The predicted molar refractivity (Wildman–Crippen MR) is 125 cm³/mol. The van der Waals surface area contributed by atoms with E-state index in [9.17, 15) is 19.2 Å². The van der Waals surface area contributed by atoms with Gasteiger partial charge in [-0.25, -0.2) is 13.9 Å². The highest BCUT2D eigenvalue weighted by Gasteiger charge is 2.19. The van der Waals surface area contributed by atoms with Crippen LogP contribution in [0.25, 0.3) is 16.7 Å². The van der Waals surface area contributed by atoms with Gasteiger partial charge in [-0.2, -0.15) is 0 Å². The molecule has 170 valence electrons. The maximum atomic E-state index is 13.2. The Morgan fingerprint density at radius 2 is 1.88 bits per heavy atom. The molecule has 1 atom stereocenters. The minimum atomic E-state index is -0.597. The molecule has 0 aliphatic heterocycles. The Balaban J connectivity index is 1.85. The van der Waals surface area contributed by atoms with Crippen molar-refractivity contribution in [1.29, 1.82) is 0 Å². The lowest BCUT2D eigenvalue weighted by Gasteiger charge is -2.12. The molecule has 33 heavy (non-hydrogen) atoms. The highest BCUT2D eigenvalue weighted by atomic mass is 35.5. The van der Waals surface area contributed by atoms with Crippen LogP contribution in [0.4, 0.5) is 0 Å². The van der Waals surface area contributed by atoms with Gasteiger partial charge in [-0.15, -0.1) is 5.10 Å². The van der Waals surface area contributed by atoms with Crippen molar-refractivity contribution >= 4 is 40.0 Å². The molecule has 2 aromatic heterocycles. The van der Waals surface area contributed by atoms with Crippen LogP contribution in [0.15, 0.2) is 52.1 Å². The third-order valence-electron chi connectivity index (χ3n) is 5.59. The van der Waals surface area contributed by atoms with Crippen LogP contribution < -0.4 is 16.6 Å². The Morgan fingerprint density at radius 1 is 1.12 bits per heavy atom. The van der Waals surface area contributed by atoms with Crippen LogP contribution in [0, 0.1) is 0 Å². The Bertz CT molecular complexity index is 1530. The van der Waals surface area contributed by atoms with Gasteiger partial charge in [0.2, 0.25) is 5.78 Å². The fraction of sp³-hybridized carbons (Fsp3) is 0.261. The molecule has 0 saturated carbocycles. The summed E-state index contributed by atoms with van der Waals surface area (Å²) in [7, 11) is 1.50. The summed E-state index contributed by atoms with van der Waals surface area (Å²) in [6.07, 6.45) is 0.761. The lowest BCUT2D eigenvalue weighted by Crippen LogP contribution is -2.32. The molecule has 2 aromatic carbocycles. The molecule has 0 bridgehead atoms. The lowest BCUT2D eigenvalue weighted by molar-refractivity contribution is 0.0937. The Hall–Kier alpha value is -3.72. The van der Waals surface area contributed by atoms with Crippen LogP contribution in [-0.2, 0) is 13.6 Å². The number of halogens is 1. The number of hydrogen-bond acceptors (Lipinski definition) is 5. The first-order chi connectivity index (χ1) is 15.7. The fourth-order valence-electron chi connectivity index (χ4n) is 3.54. The van der Waals surface area contributed by atoms with Gasteiger partial charge >= 0.3 is 5.69 Å². The topological polar surface area (TPSA) is 107 Å². The van der Waals surface area contributed by atoms with Gasteiger partial charge in [0.15, 0.2) is 5.78 Å². The highest BCUT2D eigenvalue weighted by molar-refractivity contribution is 6.31. The van der Waals surface area contributed by atoms with E-state index in [1.54, 1.807) is 24.3 Å². The van der Waals surface area contributed by atoms with Gasteiger partial charge in [0.1, 0.15) is 6.54 Å². The number of amides is 1. The molecule has 10 heteroatoms. The van der Waals surface area contributed by atoms with Gasteiger partial charge in [0.25, 0.3) is 11.5 Å². The smallest absolute Gasteiger partial charge is 0.350 e. The molecule has 0 radical (unpaired) electrons. The van der Waals surface area contributed by atoms with E-state index >= 15 is 0 Å². The van der Waals surface area contributed by atoms with Crippen molar-refractivity contribution < 1.29 is 9.59 Å². The Labute approximate surface area is 193 Å². The fourth-order valence-corrected chi connectivity index (χ4v) is 3.73. The van der Waals surface area contributed by atoms with Crippen LogP contribution in [0.2, 0.25) is 5.02 Å². The predicted octanol–water partition coefficient (Wildman–Crippen LogP) is 2.41. The van der Waals surface area contributed by atoms with E-state index in [0.29, 0.717) is 16.1 Å². The van der Waals surface area contributed by atoms with E-state index in [1.807, 2.05) is 13.8 Å². The van der Waals surface area contributed by atoms with Gasteiger partial charge in [0, 0.05) is 29.2 Å². The summed E-state index contributed by atoms with van der Waals surface area (Å²) in [5, 5.41) is 7.75. The third kappa shape index (κ3) is 4.07. The van der Waals surface area contributed by atoms with Gasteiger partial charge < -0.3 is 5.32 Å². The Morgan fingerprint density at radius 3 is 2.58 bits per heavy atom. The largest absolute Gasteiger partial charge is 0.352 e. The molecule has 0 saturated heterocycles. The summed E-state index contributed by atoms with van der Waals surface area (Å²) in [6.45, 7) is 3.51. The molecule has 9 nitrogen and oxygen atoms in total. The van der Waals surface area contributed by atoms with E-state index in [2.05, 4.69) is 10.4 Å². The van der Waals surface area contributed by atoms with E-state index in [4.69, 9.17) is 11.6 Å². The summed E-state index contributed by atoms with van der Waals surface area (Å²) < 4.78 is 3.48. The molecular formula is C23H22ClN5O4. The number of rotatable bonds is 6. The molecule has 0 fully saturated rings. The quantitative estimate of drug-likeness (QED) is 0.438. The summed E-state index contributed by atoms with van der Waals surface area (Å²) in [4.78, 5) is 51.4. The number of nitrogens with one attached hydrogen (secondary N) is 1. The summed E-state index contributed by atoms with van der Waals surface area (Å²) in [5.41, 5.74) is -0.0669. The molecule has 0 spiro atoms. The van der Waals surface area contributed by atoms with Crippen molar-refractivity contribution in [1.82, 2.24) is 24.1 Å². The van der Waals surface area contributed by atoms with Crippen LogP contribution in [0.1, 0.15) is 41.0 Å². The van der Waals surface area contributed by atoms with Crippen molar-refractivity contribution in [3.05, 3.63) is 79.5 Å². The molecular weight excluding hydrogens is 446 g/mol. The normalized spacial score (nSPS) is 12.2. The minimum absolute atomic E-state index is 0.0279. The summed E-state index contributed by atoms with van der Waals surface area (Å²) >= 11 is 5.96. The second-order valence-corrected chi connectivity index (χ2v) is 8.32. The average molecular weight is 468 g/mol. The number of aryl methyl sites for hydroxylation is 1. The van der Waals surface area contributed by atoms with Gasteiger partial charge in [-0.1, -0.05) is 30.7 Å². The number of aromatic nitrogens is 4. The maximum Gasteiger partial charge on any atom is 0.352 e. The van der Waals surface area contributed by atoms with Crippen LogP contribution in [0.3, 0.4) is 0 Å². The van der Waals surface area contributed by atoms with E-state index in [1.165, 1.54) is 34.2 Å². The minimum Gasteiger partial charge on any atom is -0.350 e. The van der Waals surface area contributed by atoms with Crippen molar-refractivity contribution in [2.24, 2.45) is 7.05 Å². The van der Waals surface area contributed by atoms with Gasteiger partial charge in [0.05, 0.1) is 10.9 Å². The van der Waals surface area contributed by atoms with E-state index in [0.717, 1.165) is 11.1 Å². The molecule has 2 heterocycles. The molecule has 4 aromatic rings. The summed E-state index contributed by atoms with van der Waals surface area (Å²) in [6, 6.07) is 10.9. The zero-order chi connectivity index (χ0) is 23.9. The Kier molecular flexibility index (Phi) is 5.90. The number of nitrogens with zero attached hydrogens (tertiary/aromatic N) is 4. The zero-order valence-corrected chi connectivity index (χ0v) is 19.1. The van der Waals surface area contributed by atoms with Gasteiger partial charge in [-0.05, 0) is 43.7 Å².